The van der Waals surface area contributed by atoms with Crippen LogP contribution in [0, 0.1) is 18.8 Å². The third-order valence-corrected chi connectivity index (χ3v) is 8.54. The summed E-state index contributed by atoms with van der Waals surface area (Å²) in [6.07, 6.45) is 7.65. The minimum Gasteiger partial charge on any atom is -0.349 e. The Morgan fingerprint density at radius 2 is 1.83 bits per heavy atom. The van der Waals surface area contributed by atoms with Crippen LogP contribution >= 0.6 is 23.2 Å². The molecule has 0 aliphatic heterocycles. The highest BCUT2D eigenvalue weighted by Gasteiger charge is 2.35. The molecule has 2 aliphatic carbocycles. The van der Waals surface area contributed by atoms with E-state index >= 15 is 0 Å². The Kier molecular flexibility index (Phi) is 6.12. The molecule has 0 spiro atoms. The van der Waals surface area contributed by atoms with Gasteiger partial charge in [-0.25, -0.2) is 8.42 Å². The number of carbonyl (C=O) groups is 1. The third-order valence-electron chi connectivity index (χ3n) is 6.72. The lowest BCUT2D eigenvalue weighted by molar-refractivity contribution is 0.0919. The number of nitrogens with zero attached hydrogens (tertiary/aromatic N) is 1. The van der Waals surface area contributed by atoms with Crippen LogP contribution in [0.5, 0.6) is 0 Å². The molecule has 2 atom stereocenters. The summed E-state index contributed by atoms with van der Waals surface area (Å²) in [5.41, 5.74) is 2.10. The zero-order chi connectivity index (χ0) is 21.6. The average molecular weight is 471 g/mol. The van der Waals surface area contributed by atoms with Crippen molar-refractivity contribution < 1.29 is 13.2 Å². The van der Waals surface area contributed by atoms with E-state index in [9.17, 15) is 13.2 Å². The fourth-order valence-corrected chi connectivity index (χ4v) is 6.51. The van der Waals surface area contributed by atoms with Crippen molar-refractivity contribution in [1.82, 2.24) is 9.88 Å². The molecule has 5 nitrogen and oxygen atoms in total. The molecular weight excluding hydrogens is 443 g/mol. The van der Waals surface area contributed by atoms with Crippen molar-refractivity contribution in [2.45, 2.75) is 58.0 Å². The highest BCUT2D eigenvalue weighted by Crippen LogP contribution is 2.42. The molecule has 2 aliphatic rings. The zero-order valence-corrected chi connectivity index (χ0v) is 19.7. The van der Waals surface area contributed by atoms with Crippen LogP contribution < -0.4 is 5.32 Å². The molecule has 2 aromatic rings. The topological polar surface area (TPSA) is 68.2 Å². The van der Waals surface area contributed by atoms with Gasteiger partial charge in [-0.2, -0.15) is 0 Å². The van der Waals surface area contributed by atoms with Crippen molar-refractivity contribution in [2.24, 2.45) is 11.8 Å². The van der Waals surface area contributed by atoms with Crippen LogP contribution in [-0.4, -0.2) is 36.9 Å². The number of carbonyl (C=O) groups excluding carboxylic acids is 1. The minimum atomic E-state index is -3.06. The van der Waals surface area contributed by atoms with E-state index in [1.165, 1.54) is 25.5 Å². The fourth-order valence-electron chi connectivity index (χ4n) is 5.44. The number of benzene rings is 1. The normalized spacial score (nSPS) is 23.8. The first-order valence-corrected chi connectivity index (χ1v) is 13.4. The van der Waals surface area contributed by atoms with Crippen molar-refractivity contribution in [2.75, 3.05) is 12.0 Å². The second kappa shape index (κ2) is 8.36. The minimum absolute atomic E-state index is 0.0796. The van der Waals surface area contributed by atoms with Crippen LogP contribution in [0.25, 0.3) is 10.9 Å². The van der Waals surface area contributed by atoms with Gasteiger partial charge >= 0.3 is 0 Å². The molecule has 0 saturated heterocycles. The number of amides is 1. The maximum absolute atomic E-state index is 13.3. The number of halogens is 2. The first-order chi connectivity index (χ1) is 14.1. The smallest absolute Gasteiger partial charge is 0.253 e. The van der Waals surface area contributed by atoms with E-state index in [0.717, 1.165) is 35.8 Å². The summed E-state index contributed by atoms with van der Waals surface area (Å²) in [5.74, 6) is 1.47. The summed E-state index contributed by atoms with van der Waals surface area (Å²) < 4.78 is 25.1. The molecule has 8 heteroatoms. The van der Waals surface area contributed by atoms with Gasteiger partial charge in [0.15, 0.2) is 0 Å². The van der Waals surface area contributed by atoms with Crippen molar-refractivity contribution in [3.63, 3.8) is 0 Å². The van der Waals surface area contributed by atoms with Crippen LogP contribution in [0.15, 0.2) is 12.1 Å². The number of hydrogen-bond acceptors (Lipinski definition) is 3. The van der Waals surface area contributed by atoms with Crippen molar-refractivity contribution in [3.05, 3.63) is 33.4 Å². The molecule has 2 unspecified atom stereocenters. The van der Waals surface area contributed by atoms with Gasteiger partial charge in [0.2, 0.25) is 0 Å². The molecule has 164 valence electrons. The van der Waals surface area contributed by atoms with Crippen LogP contribution in [0.1, 0.15) is 54.6 Å². The van der Waals surface area contributed by atoms with Crippen molar-refractivity contribution >= 4 is 49.8 Å². The fraction of sp³-hybridized carbons (Fsp3) is 0.591. The number of rotatable bonds is 6. The summed E-state index contributed by atoms with van der Waals surface area (Å²) in [6, 6.07) is 3.77. The van der Waals surface area contributed by atoms with E-state index in [1.54, 1.807) is 6.07 Å². The highest BCUT2D eigenvalue weighted by molar-refractivity contribution is 7.90. The maximum Gasteiger partial charge on any atom is 0.253 e. The van der Waals surface area contributed by atoms with Gasteiger partial charge in [0.1, 0.15) is 9.84 Å². The van der Waals surface area contributed by atoms with Crippen LogP contribution in [0.4, 0.5) is 0 Å². The van der Waals surface area contributed by atoms with E-state index < -0.39 is 9.84 Å². The molecule has 0 radical (unpaired) electrons. The Morgan fingerprint density at radius 3 is 2.47 bits per heavy atom. The molecule has 4 rings (SSSR count). The Bertz CT molecular complexity index is 1080. The summed E-state index contributed by atoms with van der Waals surface area (Å²) in [7, 11) is -3.06. The van der Waals surface area contributed by atoms with E-state index in [4.69, 9.17) is 23.2 Å². The Hall–Kier alpha value is -1.24. The lowest BCUT2D eigenvalue weighted by Crippen LogP contribution is -2.39. The first-order valence-electron chi connectivity index (χ1n) is 10.6. The van der Waals surface area contributed by atoms with Gasteiger partial charge in [-0.05, 0) is 50.5 Å². The van der Waals surface area contributed by atoms with Crippen LogP contribution in [0.2, 0.25) is 10.0 Å². The second-order valence-corrected chi connectivity index (χ2v) is 12.1. The number of nitrogens with one attached hydrogen (secondary N) is 1. The zero-order valence-electron chi connectivity index (χ0n) is 17.4. The molecule has 1 aromatic heterocycles. The monoisotopic (exact) mass is 470 g/mol. The number of fused-ring (bicyclic) bond motifs is 3. The molecule has 1 heterocycles. The van der Waals surface area contributed by atoms with Gasteiger partial charge in [0.25, 0.3) is 5.91 Å². The molecule has 1 N–H and O–H groups in total. The van der Waals surface area contributed by atoms with Gasteiger partial charge in [-0.1, -0.05) is 42.1 Å². The standard InChI is InChI=1S/C22H28Cl2N2O3S/c1-13-19(22(27)25-16-11-14-4-5-15(10-14)12-16)17-6-7-18(23)20(24)21(17)26(13)8-3-9-30(2,28)29/h6-7,14-16H,3-5,8-12H2,1-2H3,(H,25,27). The van der Waals surface area contributed by atoms with Crippen LogP contribution in [-0.2, 0) is 16.4 Å². The molecule has 30 heavy (non-hydrogen) atoms. The lowest BCUT2D eigenvalue weighted by atomic mass is 9.85. The molecule has 1 aromatic carbocycles. The number of hydrogen-bond donors (Lipinski definition) is 1. The van der Waals surface area contributed by atoms with Crippen molar-refractivity contribution in [3.8, 4) is 0 Å². The average Bonchev–Trinajstić information content (AvgIpc) is 3.14. The predicted molar refractivity (Wildman–Crippen MR) is 122 cm³/mol. The van der Waals surface area contributed by atoms with E-state index in [-0.39, 0.29) is 17.7 Å². The SMILES string of the molecule is Cc1c(C(=O)NC2CC3CCC(C3)C2)c2ccc(Cl)c(Cl)c2n1CCCS(C)(=O)=O. The van der Waals surface area contributed by atoms with Gasteiger partial charge in [0, 0.05) is 29.9 Å². The van der Waals surface area contributed by atoms with Crippen molar-refractivity contribution in [1.29, 1.82) is 0 Å². The summed E-state index contributed by atoms with van der Waals surface area (Å²) in [4.78, 5) is 13.3. The lowest BCUT2D eigenvalue weighted by Gasteiger charge is -2.28. The Morgan fingerprint density at radius 1 is 1.17 bits per heavy atom. The summed E-state index contributed by atoms with van der Waals surface area (Å²) in [6.45, 7) is 2.35. The quantitative estimate of drug-likeness (QED) is 0.645. The Balaban J connectivity index is 1.66. The molecule has 2 bridgehead atoms. The molecular formula is C22H28Cl2N2O3S. The summed E-state index contributed by atoms with van der Waals surface area (Å²) >= 11 is 12.8. The highest BCUT2D eigenvalue weighted by atomic mass is 35.5. The Labute approximate surface area is 188 Å². The first kappa shape index (κ1) is 22.0. The third kappa shape index (κ3) is 4.37. The molecule has 2 saturated carbocycles. The van der Waals surface area contributed by atoms with Gasteiger partial charge in [-0.15, -0.1) is 0 Å². The predicted octanol–water partition coefficient (Wildman–Crippen LogP) is 5.00. The molecule has 1 amide bonds. The van der Waals surface area contributed by atoms with Crippen LogP contribution in [0.3, 0.4) is 0 Å². The number of aryl methyl sites for hydroxylation is 1. The maximum atomic E-state index is 13.3. The number of aromatic nitrogens is 1. The second-order valence-electron chi connectivity index (χ2n) is 9.04. The van der Waals surface area contributed by atoms with Gasteiger partial charge in [-0.3, -0.25) is 4.79 Å². The van der Waals surface area contributed by atoms with Gasteiger partial charge in [0.05, 0.1) is 26.9 Å². The van der Waals surface area contributed by atoms with E-state index in [1.807, 2.05) is 17.6 Å². The summed E-state index contributed by atoms with van der Waals surface area (Å²) in [5, 5.41) is 4.85. The van der Waals surface area contributed by atoms with Gasteiger partial charge < -0.3 is 9.88 Å². The largest absolute Gasteiger partial charge is 0.349 e. The molecule has 2 fully saturated rings. The number of sulfone groups is 1. The van der Waals surface area contributed by atoms with E-state index in [2.05, 4.69) is 5.32 Å². The van der Waals surface area contributed by atoms with E-state index in [0.29, 0.717) is 34.1 Å².